The Morgan fingerprint density at radius 3 is 1.35 bits per heavy atom. The second-order valence-corrected chi connectivity index (χ2v) is 13.0. The summed E-state index contributed by atoms with van der Waals surface area (Å²) in [7, 11) is -2.42. The largest absolute Gasteiger partial charge is 0.180 e. The van der Waals surface area contributed by atoms with Gasteiger partial charge in [0, 0.05) is 0 Å². The van der Waals surface area contributed by atoms with Crippen molar-refractivity contribution >= 4 is 28.8 Å². The van der Waals surface area contributed by atoms with Gasteiger partial charge in [-0.05, 0) is 67.0 Å². The minimum absolute atomic E-state index is 1.02. The highest BCUT2D eigenvalue weighted by Gasteiger charge is 2.47. The maximum Gasteiger partial charge on any atom is 0.180 e. The summed E-state index contributed by atoms with van der Waals surface area (Å²) < 4.78 is 0. The first-order chi connectivity index (χ1) is 21.4. The molecule has 1 aliphatic carbocycles. The lowest BCUT2D eigenvalue weighted by Gasteiger charge is -2.41. The van der Waals surface area contributed by atoms with Crippen molar-refractivity contribution in [2.24, 2.45) is 0 Å². The van der Waals surface area contributed by atoms with Gasteiger partial charge in [-0.2, -0.15) is 0 Å². The van der Waals surface area contributed by atoms with E-state index in [1.54, 1.807) is 21.5 Å². The highest BCUT2D eigenvalue weighted by atomic mass is 28.3. The molecule has 1 heteroatoms. The van der Waals surface area contributed by atoms with Crippen LogP contribution < -0.4 is 20.7 Å². The van der Waals surface area contributed by atoms with Gasteiger partial charge in [0.25, 0.3) is 0 Å². The van der Waals surface area contributed by atoms with E-state index in [2.05, 4.69) is 121 Å². The maximum absolute atomic E-state index is 2.48. The standard InChI is InChI=1S/C32H24Si.5C2H6/c1-3-13-25(14-4-1)33(26-15-5-2-6-16-26)31-18-10-8-12-24(31)22-30-29-21-23-11-7-9-17-27(23)28(29)19-20-32(30)33;5*1-2/h1-20H,21-22H2;5*1-2H3. The first kappa shape index (κ1) is 35.5. The molecule has 0 aromatic heterocycles. The molecule has 0 radical (unpaired) electrons. The lowest BCUT2D eigenvalue weighted by Crippen LogP contribution is -2.77. The molecule has 0 unspecified atom stereocenters. The highest BCUT2D eigenvalue weighted by Crippen LogP contribution is 2.39. The van der Waals surface area contributed by atoms with Crippen LogP contribution in [0.15, 0.2) is 121 Å². The van der Waals surface area contributed by atoms with Crippen LogP contribution in [0.1, 0.15) is 91.5 Å². The van der Waals surface area contributed by atoms with E-state index in [9.17, 15) is 0 Å². The summed E-state index contributed by atoms with van der Waals surface area (Å²) in [6.07, 6.45) is 2.07. The van der Waals surface area contributed by atoms with Gasteiger partial charge in [-0.15, -0.1) is 0 Å². The predicted octanol–water partition coefficient (Wildman–Crippen LogP) is 9.67. The normalized spacial score (nSPS) is 12.0. The fourth-order valence-corrected chi connectivity index (χ4v) is 11.6. The minimum atomic E-state index is -2.42. The van der Waals surface area contributed by atoms with E-state index in [4.69, 9.17) is 0 Å². The Kier molecular flexibility index (Phi) is 14.9. The van der Waals surface area contributed by atoms with Crippen molar-refractivity contribution in [2.75, 3.05) is 0 Å². The van der Waals surface area contributed by atoms with Crippen molar-refractivity contribution in [3.05, 3.63) is 144 Å². The molecule has 0 bridgehead atoms. The molecule has 0 atom stereocenters. The van der Waals surface area contributed by atoms with Crippen LogP contribution in [-0.4, -0.2) is 8.07 Å². The maximum atomic E-state index is 2.48. The van der Waals surface area contributed by atoms with Crippen LogP contribution in [-0.2, 0) is 12.8 Å². The second-order valence-electron chi connectivity index (χ2n) is 9.27. The number of fused-ring (bicyclic) bond motifs is 6. The predicted molar refractivity (Wildman–Crippen MR) is 198 cm³/mol. The quantitative estimate of drug-likeness (QED) is 0.177. The molecule has 0 nitrogen and oxygen atoms in total. The Morgan fingerprint density at radius 1 is 0.349 bits per heavy atom. The summed E-state index contributed by atoms with van der Waals surface area (Å²) >= 11 is 0. The molecule has 1 aliphatic heterocycles. The van der Waals surface area contributed by atoms with Crippen molar-refractivity contribution < 1.29 is 0 Å². The Balaban J connectivity index is 0.000000590. The molecular formula is C42H54Si. The van der Waals surface area contributed by atoms with E-state index in [-0.39, 0.29) is 0 Å². The Morgan fingerprint density at radius 2 is 0.791 bits per heavy atom. The van der Waals surface area contributed by atoms with Gasteiger partial charge in [0.05, 0.1) is 0 Å². The minimum Gasteiger partial charge on any atom is -0.0683 e. The van der Waals surface area contributed by atoms with Crippen molar-refractivity contribution in [2.45, 2.75) is 82.1 Å². The summed E-state index contributed by atoms with van der Waals surface area (Å²) in [5, 5.41) is 6.07. The van der Waals surface area contributed by atoms with Crippen LogP contribution in [0.2, 0.25) is 0 Å². The molecular weight excluding hydrogens is 533 g/mol. The van der Waals surface area contributed by atoms with Crippen LogP contribution in [0.5, 0.6) is 0 Å². The first-order valence-electron chi connectivity index (χ1n) is 16.8. The van der Waals surface area contributed by atoms with Crippen molar-refractivity contribution in [3.8, 4) is 11.1 Å². The molecule has 7 rings (SSSR count). The van der Waals surface area contributed by atoms with Gasteiger partial charge in [0.1, 0.15) is 0 Å². The van der Waals surface area contributed by atoms with E-state index in [1.165, 1.54) is 32.6 Å². The highest BCUT2D eigenvalue weighted by molar-refractivity contribution is 7.20. The molecule has 2 aliphatic rings. The van der Waals surface area contributed by atoms with Gasteiger partial charge in [0.2, 0.25) is 0 Å². The topological polar surface area (TPSA) is 0 Å². The van der Waals surface area contributed by atoms with Gasteiger partial charge in [0.15, 0.2) is 8.07 Å². The molecule has 0 saturated heterocycles. The molecule has 0 saturated carbocycles. The first-order valence-corrected chi connectivity index (χ1v) is 18.8. The number of rotatable bonds is 2. The Labute approximate surface area is 264 Å². The third-order valence-corrected chi connectivity index (χ3v) is 12.7. The van der Waals surface area contributed by atoms with Crippen molar-refractivity contribution in [1.82, 2.24) is 0 Å². The zero-order valence-corrected chi connectivity index (χ0v) is 29.5. The van der Waals surface area contributed by atoms with Crippen LogP contribution in [0.4, 0.5) is 0 Å². The number of hydrogen-bond acceptors (Lipinski definition) is 0. The SMILES string of the molecule is CC.CC.CC.CC.CC.c1ccc([Si]2(c3ccccc3)c3ccccc3Cc3c2ccc2c3Cc3ccccc3-2)cc1. The van der Waals surface area contributed by atoms with Gasteiger partial charge in [-0.3, -0.25) is 0 Å². The van der Waals surface area contributed by atoms with E-state index in [1.807, 2.05) is 69.2 Å². The lowest BCUT2D eigenvalue weighted by atomic mass is 9.95. The summed E-state index contributed by atoms with van der Waals surface area (Å²) in [4.78, 5) is 0. The van der Waals surface area contributed by atoms with Gasteiger partial charge in [-0.25, -0.2) is 0 Å². The Bertz CT molecular complexity index is 1460. The zero-order valence-electron chi connectivity index (χ0n) is 28.5. The van der Waals surface area contributed by atoms with Gasteiger partial charge >= 0.3 is 0 Å². The summed E-state index contributed by atoms with van der Waals surface area (Å²) in [5.74, 6) is 0. The Hall–Kier alpha value is -3.68. The number of hydrogen-bond donors (Lipinski definition) is 0. The molecule has 0 spiro atoms. The van der Waals surface area contributed by atoms with Gasteiger partial charge in [-0.1, -0.05) is 191 Å². The van der Waals surface area contributed by atoms with Crippen LogP contribution >= 0.6 is 0 Å². The monoisotopic (exact) mass is 586 g/mol. The van der Waals surface area contributed by atoms with Crippen molar-refractivity contribution in [3.63, 3.8) is 0 Å². The third kappa shape index (κ3) is 6.63. The third-order valence-electron chi connectivity index (χ3n) is 7.71. The lowest BCUT2D eigenvalue weighted by molar-refractivity contribution is 1.13. The summed E-state index contributed by atoms with van der Waals surface area (Å²) in [6, 6.07) is 45.7. The van der Waals surface area contributed by atoms with E-state index >= 15 is 0 Å². The fraction of sp³-hybridized carbons (Fsp3) is 0.286. The number of benzene rings is 5. The van der Waals surface area contributed by atoms with E-state index in [0.717, 1.165) is 12.8 Å². The molecule has 5 aromatic carbocycles. The summed E-state index contributed by atoms with van der Waals surface area (Å²) in [6.45, 7) is 20.0. The van der Waals surface area contributed by atoms with Crippen LogP contribution in [0.3, 0.4) is 0 Å². The van der Waals surface area contributed by atoms with E-state index < -0.39 is 8.07 Å². The second kappa shape index (κ2) is 18.1. The van der Waals surface area contributed by atoms with Crippen LogP contribution in [0, 0.1) is 0 Å². The molecule has 5 aromatic rings. The average Bonchev–Trinajstić information content (AvgIpc) is 3.52. The zero-order chi connectivity index (χ0) is 31.8. The molecule has 0 fully saturated rings. The smallest absolute Gasteiger partial charge is 0.0683 e. The van der Waals surface area contributed by atoms with Crippen LogP contribution in [0.25, 0.3) is 11.1 Å². The molecule has 226 valence electrons. The van der Waals surface area contributed by atoms with E-state index in [0.29, 0.717) is 0 Å². The van der Waals surface area contributed by atoms with Gasteiger partial charge < -0.3 is 0 Å². The molecule has 1 heterocycles. The molecule has 0 amide bonds. The molecule has 0 N–H and O–H groups in total. The van der Waals surface area contributed by atoms with Crippen molar-refractivity contribution in [1.29, 1.82) is 0 Å². The fourth-order valence-electron chi connectivity index (χ4n) is 6.37. The summed E-state index contributed by atoms with van der Waals surface area (Å²) in [5.41, 5.74) is 8.93. The molecule has 43 heavy (non-hydrogen) atoms. The average molecular weight is 587 g/mol.